The van der Waals surface area contributed by atoms with Gasteiger partial charge in [-0.15, -0.1) is 0 Å². The van der Waals surface area contributed by atoms with Gasteiger partial charge in [0.25, 0.3) is 0 Å². The number of aryl methyl sites for hydroxylation is 2. The van der Waals surface area contributed by atoms with E-state index in [1.807, 2.05) is 144 Å². The smallest absolute Gasteiger partial charge is 0.223 e. The normalized spacial score (nSPS) is 11.0. The molecular weight excluding hydrogens is 773 g/mol. The van der Waals surface area contributed by atoms with Gasteiger partial charge in [0.05, 0.1) is 22.8 Å². The Morgan fingerprint density at radius 3 is 1.50 bits per heavy atom. The molecule has 0 spiro atoms. The molecule has 0 unspecified atom stereocenters. The highest BCUT2D eigenvalue weighted by atomic mass is 15.1. The van der Waals surface area contributed by atoms with Gasteiger partial charge in [0.1, 0.15) is 34.1 Å². The second kappa shape index (κ2) is 18.3. The van der Waals surface area contributed by atoms with Crippen molar-refractivity contribution in [3.05, 3.63) is 181 Å². The van der Waals surface area contributed by atoms with E-state index in [-0.39, 0.29) is 0 Å². The van der Waals surface area contributed by atoms with Crippen LogP contribution in [0, 0.1) is 13.8 Å². The van der Waals surface area contributed by atoms with Crippen LogP contribution in [-0.2, 0) is 12.8 Å². The first-order valence-electron chi connectivity index (χ1n) is 20.3. The lowest BCUT2D eigenvalue weighted by molar-refractivity contribution is 0.974. The molecule has 14 nitrogen and oxygen atoms in total. The number of nitrogens with zero attached hydrogens (tertiary/aromatic N) is 12. The Bertz CT molecular complexity index is 2870. The fraction of sp³-hybridized carbons (Fsp3) is 0.125. The molecule has 0 amide bonds. The Hall–Kier alpha value is -8.26. The van der Waals surface area contributed by atoms with Gasteiger partial charge in [-0.25, -0.2) is 29.9 Å². The van der Waals surface area contributed by atoms with Gasteiger partial charge >= 0.3 is 0 Å². The minimum atomic E-state index is 0.579. The average molecular weight is 815 g/mol. The molecule has 10 heterocycles. The summed E-state index contributed by atoms with van der Waals surface area (Å²) in [5.74, 6) is 1.16. The first-order valence-corrected chi connectivity index (χ1v) is 20.3. The standard InChI is InChI=1S/2C24H21N7/c1-17-6-4-8-19(28-17)22-23(31-15-3-2-9-21(31)30-22)20-11-14-27-24(29-20)26-13-10-18-7-5-12-25-16-18;1-17-5-4-6-19(28-17)22-23(31-16-3-2-7-21(31)30-22)20-11-15-27-24(29-20)26-14-10-18-8-12-25-13-9-18/h2-9,11-12,14-16H,10,13H2,1H3,(H,26,27,29);2-9,11-13,15-16H,10,14H2,1H3,(H,26,27,29). The van der Waals surface area contributed by atoms with Gasteiger partial charge in [-0.3, -0.25) is 28.7 Å². The van der Waals surface area contributed by atoms with Crippen molar-refractivity contribution in [1.82, 2.24) is 58.6 Å². The van der Waals surface area contributed by atoms with E-state index in [0.29, 0.717) is 18.4 Å². The Morgan fingerprint density at radius 2 is 0.984 bits per heavy atom. The number of nitrogens with one attached hydrogen (secondary N) is 2. The van der Waals surface area contributed by atoms with Gasteiger partial charge in [-0.1, -0.05) is 30.3 Å². The van der Waals surface area contributed by atoms with Gasteiger partial charge < -0.3 is 10.6 Å². The zero-order chi connectivity index (χ0) is 42.1. The second-order valence-corrected chi connectivity index (χ2v) is 14.4. The van der Waals surface area contributed by atoms with Crippen LogP contribution in [0.1, 0.15) is 22.5 Å². The number of fused-ring (bicyclic) bond motifs is 2. The van der Waals surface area contributed by atoms with Crippen LogP contribution in [0.15, 0.2) is 159 Å². The van der Waals surface area contributed by atoms with E-state index in [9.17, 15) is 0 Å². The lowest BCUT2D eigenvalue weighted by Crippen LogP contribution is -2.08. The summed E-state index contributed by atoms with van der Waals surface area (Å²) in [6, 6.07) is 35.6. The molecule has 0 bridgehead atoms. The quantitative estimate of drug-likeness (QED) is 0.121. The lowest BCUT2D eigenvalue weighted by atomic mass is 10.1. The first kappa shape index (κ1) is 39.2. The Morgan fingerprint density at radius 1 is 0.435 bits per heavy atom. The number of rotatable bonds is 12. The zero-order valence-corrected chi connectivity index (χ0v) is 34.2. The van der Waals surface area contributed by atoms with Crippen molar-refractivity contribution in [3.63, 3.8) is 0 Å². The Labute approximate surface area is 358 Å². The molecule has 0 atom stereocenters. The average Bonchev–Trinajstić information content (AvgIpc) is 3.90. The van der Waals surface area contributed by atoms with Crippen molar-refractivity contribution < 1.29 is 0 Å². The van der Waals surface area contributed by atoms with Gasteiger partial charge in [0.2, 0.25) is 11.9 Å². The fourth-order valence-corrected chi connectivity index (χ4v) is 7.07. The maximum atomic E-state index is 4.85. The van der Waals surface area contributed by atoms with E-state index < -0.39 is 0 Å². The molecule has 0 aliphatic rings. The van der Waals surface area contributed by atoms with Gasteiger partial charge in [0.15, 0.2) is 0 Å². The molecular formula is C48H42N14. The molecule has 14 heteroatoms. The largest absolute Gasteiger partial charge is 0.354 e. The Kier molecular flexibility index (Phi) is 11.6. The van der Waals surface area contributed by atoms with Crippen molar-refractivity contribution in [2.24, 2.45) is 0 Å². The molecule has 10 aromatic rings. The molecule has 0 fully saturated rings. The van der Waals surface area contributed by atoms with Gasteiger partial charge in [0, 0.05) is 74.1 Å². The highest BCUT2D eigenvalue weighted by molar-refractivity contribution is 5.80. The van der Waals surface area contributed by atoms with E-state index in [4.69, 9.17) is 24.9 Å². The van der Waals surface area contributed by atoms with Crippen molar-refractivity contribution in [2.45, 2.75) is 26.7 Å². The molecule has 10 aromatic heterocycles. The number of pyridine rings is 6. The number of anilines is 2. The van der Waals surface area contributed by atoms with Crippen LogP contribution in [0.4, 0.5) is 11.9 Å². The monoisotopic (exact) mass is 814 g/mol. The van der Waals surface area contributed by atoms with Crippen LogP contribution >= 0.6 is 0 Å². The summed E-state index contributed by atoms with van der Waals surface area (Å²) in [4.78, 5) is 45.6. The maximum Gasteiger partial charge on any atom is 0.223 e. The van der Waals surface area contributed by atoms with Crippen LogP contribution in [0.3, 0.4) is 0 Å². The summed E-state index contributed by atoms with van der Waals surface area (Å²) in [6.07, 6.45) is 16.5. The third-order valence-corrected chi connectivity index (χ3v) is 9.98. The third kappa shape index (κ3) is 8.99. The van der Waals surface area contributed by atoms with Crippen LogP contribution in [0.5, 0.6) is 0 Å². The third-order valence-electron chi connectivity index (χ3n) is 9.98. The Balaban J connectivity index is 0.000000158. The number of hydrogen-bond donors (Lipinski definition) is 2. The highest BCUT2D eigenvalue weighted by Gasteiger charge is 2.20. The summed E-state index contributed by atoms with van der Waals surface area (Å²) < 4.78 is 4.09. The molecule has 0 saturated carbocycles. The molecule has 304 valence electrons. The number of aromatic nitrogens is 12. The van der Waals surface area contributed by atoms with E-state index in [1.54, 1.807) is 31.0 Å². The molecule has 10 rings (SSSR count). The summed E-state index contributed by atoms with van der Waals surface area (Å²) in [6.45, 7) is 5.41. The number of imidazole rings is 2. The van der Waals surface area contributed by atoms with Crippen LogP contribution in [0.2, 0.25) is 0 Å². The molecule has 2 N–H and O–H groups in total. The zero-order valence-electron chi connectivity index (χ0n) is 34.2. The predicted molar refractivity (Wildman–Crippen MR) is 241 cm³/mol. The summed E-state index contributed by atoms with van der Waals surface area (Å²) in [5, 5.41) is 6.64. The van der Waals surface area contributed by atoms with Crippen molar-refractivity contribution in [2.75, 3.05) is 23.7 Å². The molecule has 62 heavy (non-hydrogen) atoms. The maximum absolute atomic E-state index is 4.85. The van der Waals surface area contributed by atoms with Crippen molar-refractivity contribution in [3.8, 4) is 45.6 Å². The molecule has 0 aliphatic carbocycles. The SMILES string of the molecule is Cc1cccc(-c2nc3ccccn3c2-c2ccnc(NCCc3cccnc3)n2)n1.Cc1cccc(-c2nc3ccccn3c2-c2ccnc(NCCc3ccncc3)n2)n1. The second-order valence-electron chi connectivity index (χ2n) is 14.4. The van der Waals surface area contributed by atoms with E-state index in [1.165, 1.54) is 11.1 Å². The highest BCUT2D eigenvalue weighted by Crippen LogP contribution is 2.32. The lowest BCUT2D eigenvalue weighted by Gasteiger charge is -2.08. The minimum Gasteiger partial charge on any atom is -0.354 e. The van der Waals surface area contributed by atoms with E-state index in [2.05, 4.69) is 41.6 Å². The van der Waals surface area contributed by atoms with Gasteiger partial charge in [-0.2, -0.15) is 0 Å². The van der Waals surface area contributed by atoms with Crippen LogP contribution in [-0.4, -0.2) is 71.7 Å². The molecule has 0 saturated heterocycles. The fourth-order valence-electron chi connectivity index (χ4n) is 7.07. The number of hydrogen-bond acceptors (Lipinski definition) is 12. The van der Waals surface area contributed by atoms with Crippen molar-refractivity contribution in [1.29, 1.82) is 0 Å². The van der Waals surface area contributed by atoms with Crippen LogP contribution < -0.4 is 10.6 Å². The topological polar surface area (TPSA) is 162 Å². The van der Waals surface area contributed by atoms with Crippen LogP contribution in [0.25, 0.3) is 56.8 Å². The summed E-state index contributed by atoms with van der Waals surface area (Å²) in [5.41, 5.74) is 12.6. The predicted octanol–water partition coefficient (Wildman–Crippen LogP) is 8.42. The van der Waals surface area contributed by atoms with Gasteiger partial charge in [-0.05, 0) is 117 Å². The minimum absolute atomic E-state index is 0.579. The summed E-state index contributed by atoms with van der Waals surface area (Å²) in [7, 11) is 0. The van der Waals surface area contributed by atoms with E-state index in [0.717, 1.165) is 87.6 Å². The summed E-state index contributed by atoms with van der Waals surface area (Å²) >= 11 is 0. The first-order chi connectivity index (χ1) is 30.6. The molecule has 0 radical (unpaired) electrons. The van der Waals surface area contributed by atoms with Crippen molar-refractivity contribution >= 4 is 23.2 Å². The molecule has 0 aromatic carbocycles. The molecule has 0 aliphatic heterocycles. The van der Waals surface area contributed by atoms with E-state index >= 15 is 0 Å².